The number of benzene rings is 1. The molecular weight excluding hydrogens is 286 g/mol. The van der Waals surface area contributed by atoms with E-state index in [9.17, 15) is 4.79 Å². The Hall–Kier alpha value is -1.94. The SMILES string of the molecule is Cc1cc(C)c2nc(C3CC3)cc(C(=O)N3CCC(N)C3)c2c1. The van der Waals surface area contributed by atoms with Gasteiger partial charge in [-0.15, -0.1) is 0 Å². The van der Waals surface area contributed by atoms with E-state index in [2.05, 4.69) is 26.0 Å². The van der Waals surface area contributed by atoms with E-state index in [1.165, 1.54) is 18.4 Å². The highest BCUT2D eigenvalue weighted by atomic mass is 16.2. The molecule has 2 aromatic rings. The topological polar surface area (TPSA) is 59.2 Å². The average Bonchev–Trinajstić information content (AvgIpc) is 3.27. The Bertz CT molecular complexity index is 795. The number of aromatic nitrogens is 1. The van der Waals surface area contributed by atoms with Crippen LogP contribution in [0.5, 0.6) is 0 Å². The van der Waals surface area contributed by atoms with E-state index in [1.807, 2.05) is 11.0 Å². The van der Waals surface area contributed by atoms with Crippen molar-refractivity contribution in [1.82, 2.24) is 9.88 Å². The van der Waals surface area contributed by atoms with Crippen LogP contribution >= 0.6 is 0 Å². The number of nitrogens with two attached hydrogens (primary N) is 1. The maximum absolute atomic E-state index is 13.1. The highest BCUT2D eigenvalue weighted by molar-refractivity contribution is 6.07. The molecule has 0 spiro atoms. The second-order valence-corrected chi connectivity index (χ2v) is 7.15. The summed E-state index contributed by atoms with van der Waals surface area (Å²) >= 11 is 0. The molecule has 0 radical (unpaired) electrons. The van der Waals surface area contributed by atoms with Gasteiger partial charge in [-0.25, -0.2) is 0 Å². The maximum atomic E-state index is 13.1. The predicted molar refractivity (Wildman–Crippen MR) is 91.7 cm³/mol. The summed E-state index contributed by atoms with van der Waals surface area (Å²) in [7, 11) is 0. The number of hydrogen-bond donors (Lipinski definition) is 1. The monoisotopic (exact) mass is 309 g/mol. The Balaban J connectivity index is 1.87. The van der Waals surface area contributed by atoms with E-state index in [1.54, 1.807) is 0 Å². The van der Waals surface area contributed by atoms with Crippen molar-refractivity contribution >= 4 is 16.8 Å². The quantitative estimate of drug-likeness (QED) is 0.928. The zero-order chi connectivity index (χ0) is 16.1. The first-order chi connectivity index (χ1) is 11.0. The number of amides is 1. The second-order valence-electron chi connectivity index (χ2n) is 7.15. The summed E-state index contributed by atoms with van der Waals surface area (Å²) in [5.41, 5.74) is 11.2. The van der Waals surface area contributed by atoms with Gasteiger partial charge in [0.15, 0.2) is 0 Å². The van der Waals surface area contributed by atoms with Crippen LogP contribution in [0.15, 0.2) is 18.2 Å². The highest BCUT2D eigenvalue weighted by Gasteiger charge is 2.30. The van der Waals surface area contributed by atoms with E-state index >= 15 is 0 Å². The first-order valence-electron chi connectivity index (χ1n) is 8.49. The molecular formula is C19H23N3O. The summed E-state index contributed by atoms with van der Waals surface area (Å²) in [5, 5.41) is 0.984. The molecule has 4 rings (SSSR count). The Kier molecular flexibility index (Phi) is 3.38. The Morgan fingerprint density at radius 2 is 2.00 bits per heavy atom. The van der Waals surface area contributed by atoms with Crippen LogP contribution in [-0.2, 0) is 0 Å². The molecule has 1 aromatic carbocycles. The zero-order valence-electron chi connectivity index (χ0n) is 13.8. The maximum Gasteiger partial charge on any atom is 0.254 e. The standard InChI is InChI=1S/C19H23N3O/c1-11-7-12(2)18-15(8-11)16(9-17(21-18)13-3-4-13)19(23)22-6-5-14(20)10-22/h7-9,13-14H,3-6,10,20H2,1-2H3. The second kappa shape index (κ2) is 5.31. The van der Waals surface area contributed by atoms with Gasteiger partial charge in [-0.05, 0) is 50.8 Å². The third kappa shape index (κ3) is 2.61. The van der Waals surface area contributed by atoms with Crippen molar-refractivity contribution in [1.29, 1.82) is 0 Å². The Labute approximate surface area is 136 Å². The summed E-state index contributed by atoms with van der Waals surface area (Å²) in [6, 6.07) is 6.38. The fourth-order valence-corrected chi connectivity index (χ4v) is 3.61. The molecule has 1 amide bonds. The minimum Gasteiger partial charge on any atom is -0.337 e. The van der Waals surface area contributed by atoms with Gasteiger partial charge in [0.05, 0.1) is 11.1 Å². The van der Waals surface area contributed by atoms with Gasteiger partial charge in [-0.2, -0.15) is 0 Å². The van der Waals surface area contributed by atoms with Gasteiger partial charge in [-0.1, -0.05) is 11.6 Å². The fourth-order valence-electron chi connectivity index (χ4n) is 3.61. The largest absolute Gasteiger partial charge is 0.337 e. The van der Waals surface area contributed by atoms with Crippen molar-refractivity contribution in [2.75, 3.05) is 13.1 Å². The van der Waals surface area contributed by atoms with E-state index in [-0.39, 0.29) is 11.9 Å². The summed E-state index contributed by atoms with van der Waals surface area (Å²) in [6.07, 6.45) is 3.26. The predicted octanol–water partition coefficient (Wildman–Crippen LogP) is 2.90. The van der Waals surface area contributed by atoms with Crippen molar-refractivity contribution in [3.63, 3.8) is 0 Å². The van der Waals surface area contributed by atoms with Gasteiger partial charge in [0, 0.05) is 36.1 Å². The Morgan fingerprint density at radius 1 is 1.22 bits per heavy atom. The van der Waals surface area contributed by atoms with E-state index in [4.69, 9.17) is 10.7 Å². The lowest BCUT2D eigenvalue weighted by molar-refractivity contribution is 0.0792. The first-order valence-corrected chi connectivity index (χ1v) is 8.49. The van der Waals surface area contributed by atoms with E-state index < -0.39 is 0 Å². The van der Waals surface area contributed by atoms with Crippen molar-refractivity contribution in [3.8, 4) is 0 Å². The molecule has 4 nitrogen and oxygen atoms in total. The molecule has 1 aromatic heterocycles. The molecule has 23 heavy (non-hydrogen) atoms. The zero-order valence-corrected chi connectivity index (χ0v) is 13.8. The smallest absolute Gasteiger partial charge is 0.254 e. The van der Waals surface area contributed by atoms with Crippen molar-refractivity contribution in [3.05, 3.63) is 40.6 Å². The summed E-state index contributed by atoms with van der Waals surface area (Å²) < 4.78 is 0. The molecule has 1 unspecified atom stereocenters. The molecule has 120 valence electrons. The van der Waals surface area contributed by atoms with Crippen LogP contribution in [0.25, 0.3) is 10.9 Å². The van der Waals surface area contributed by atoms with E-state index in [0.29, 0.717) is 12.5 Å². The molecule has 1 saturated heterocycles. The number of hydrogen-bond acceptors (Lipinski definition) is 3. The molecule has 2 fully saturated rings. The van der Waals surface area contributed by atoms with Gasteiger partial charge in [-0.3, -0.25) is 9.78 Å². The van der Waals surface area contributed by atoms with Crippen LogP contribution in [0.4, 0.5) is 0 Å². The van der Waals surface area contributed by atoms with Crippen molar-refractivity contribution < 1.29 is 4.79 Å². The number of carbonyl (C=O) groups excluding carboxylic acids is 1. The number of fused-ring (bicyclic) bond motifs is 1. The minimum absolute atomic E-state index is 0.109. The molecule has 1 saturated carbocycles. The summed E-state index contributed by atoms with van der Waals surface area (Å²) in [6.45, 7) is 5.57. The lowest BCUT2D eigenvalue weighted by Crippen LogP contribution is -2.32. The van der Waals surface area contributed by atoms with Crippen LogP contribution in [0.2, 0.25) is 0 Å². The molecule has 1 aliphatic heterocycles. The van der Waals surface area contributed by atoms with Crippen molar-refractivity contribution in [2.45, 2.75) is 45.1 Å². The molecule has 1 aliphatic carbocycles. The molecule has 1 atom stereocenters. The van der Waals surface area contributed by atoms with Crippen LogP contribution < -0.4 is 5.73 Å². The van der Waals surface area contributed by atoms with E-state index in [0.717, 1.165) is 40.7 Å². The third-order valence-electron chi connectivity index (χ3n) is 5.01. The van der Waals surface area contributed by atoms with Gasteiger partial charge < -0.3 is 10.6 Å². The molecule has 2 N–H and O–H groups in total. The van der Waals surface area contributed by atoms with Gasteiger partial charge >= 0.3 is 0 Å². The van der Waals surface area contributed by atoms with Crippen LogP contribution in [0.1, 0.15) is 52.4 Å². The minimum atomic E-state index is 0.109. The van der Waals surface area contributed by atoms with Crippen LogP contribution in [0.3, 0.4) is 0 Å². The molecule has 0 bridgehead atoms. The number of nitrogens with zero attached hydrogens (tertiary/aromatic N) is 2. The number of pyridine rings is 1. The van der Waals surface area contributed by atoms with Crippen molar-refractivity contribution in [2.24, 2.45) is 5.73 Å². The number of carbonyl (C=O) groups is 1. The van der Waals surface area contributed by atoms with Gasteiger partial charge in [0.1, 0.15) is 0 Å². The summed E-state index contributed by atoms with van der Waals surface area (Å²) in [4.78, 5) is 19.8. The number of rotatable bonds is 2. The fraction of sp³-hybridized carbons (Fsp3) is 0.474. The third-order valence-corrected chi connectivity index (χ3v) is 5.01. The first kappa shape index (κ1) is 14.6. The van der Waals surface area contributed by atoms with Crippen LogP contribution in [0, 0.1) is 13.8 Å². The average molecular weight is 309 g/mol. The lowest BCUT2D eigenvalue weighted by atomic mass is 10.00. The molecule has 2 aliphatic rings. The summed E-state index contributed by atoms with van der Waals surface area (Å²) in [5.74, 6) is 0.643. The Morgan fingerprint density at radius 3 is 2.65 bits per heavy atom. The molecule has 2 heterocycles. The van der Waals surface area contributed by atoms with Crippen LogP contribution in [-0.4, -0.2) is 34.9 Å². The van der Waals surface area contributed by atoms with Gasteiger partial charge in [0.2, 0.25) is 0 Å². The highest BCUT2D eigenvalue weighted by Crippen LogP contribution is 2.40. The number of likely N-dealkylation sites (tertiary alicyclic amines) is 1. The normalized spacial score (nSPS) is 21.2. The molecule has 4 heteroatoms. The number of aryl methyl sites for hydroxylation is 2. The lowest BCUT2D eigenvalue weighted by Gasteiger charge is -2.18. The van der Waals surface area contributed by atoms with Gasteiger partial charge in [0.25, 0.3) is 5.91 Å².